The summed E-state index contributed by atoms with van der Waals surface area (Å²) >= 11 is 0. The lowest BCUT2D eigenvalue weighted by molar-refractivity contribution is -0.169. The van der Waals surface area contributed by atoms with E-state index in [1.54, 1.807) is 31.3 Å². The lowest BCUT2D eigenvalue weighted by Crippen LogP contribution is -2.44. The average Bonchev–Trinajstić information content (AvgIpc) is 3.51. The van der Waals surface area contributed by atoms with Gasteiger partial charge in [-0.1, -0.05) is 55.8 Å². The molecule has 0 amide bonds. The number of nitrogens with zero attached hydrogens (tertiary/aromatic N) is 5. The van der Waals surface area contributed by atoms with Crippen molar-refractivity contribution < 1.29 is 38.6 Å². The standard InChI is InChI=1S/C30H38N7O8P/c1-16(26(39)43-14-29(2,3)4)36-46(41)45-22-18-10-8-7-9-17(18)11-12-19(22)42-13-20-23(38)30(5,40)27(44-20)37-15-33-21-24(32-6)34-28(31)35-25(21)37/h7-12,15-16,20,23,27,38,40H,13-14H2,1-6H3,(H3,31,32,34,35)/t16-,20+,23+,27?,30+/m0/s1. The molecule has 16 heteroatoms. The van der Waals surface area contributed by atoms with Crippen LogP contribution in [-0.2, 0) is 14.3 Å². The maximum Gasteiger partial charge on any atom is 0.395 e. The second kappa shape index (κ2) is 12.9. The van der Waals surface area contributed by atoms with Gasteiger partial charge >= 0.3 is 14.1 Å². The molecular weight excluding hydrogens is 617 g/mol. The van der Waals surface area contributed by atoms with Gasteiger partial charge in [0.1, 0.15) is 24.4 Å². The van der Waals surface area contributed by atoms with Gasteiger partial charge in [-0.2, -0.15) is 9.97 Å². The summed E-state index contributed by atoms with van der Waals surface area (Å²) in [7, 11) is -1.06. The van der Waals surface area contributed by atoms with Gasteiger partial charge in [0.15, 0.2) is 35.0 Å². The summed E-state index contributed by atoms with van der Waals surface area (Å²) in [6.45, 7) is 8.65. The fourth-order valence-electron chi connectivity index (χ4n) is 4.96. The number of anilines is 2. The molecule has 4 aromatic rings. The Labute approximate surface area is 266 Å². The van der Waals surface area contributed by atoms with Gasteiger partial charge in [0.05, 0.1) is 12.9 Å². The Balaban J connectivity index is 1.37. The van der Waals surface area contributed by atoms with Crippen molar-refractivity contribution in [1.82, 2.24) is 19.5 Å². The molecule has 3 heterocycles. The van der Waals surface area contributed by atoms with E-state index in [0.29, 0.717) is 22.4 Å². The van der Waals surface area contributed by atoms with Gasteiger partial charge in [-0.25, -0.2) is 9.78 Å². The average molecular weight is 656 g/mol. The van der Waals surface area contributed by atoms with Crippen molar-refractivity contribution in [1.29, 1.82) is 0 Å². The van der Waals surface area contributed by atoms with Crippen molar-refractivity contribution in [2.24, 2.45) is 10.2 Å². The Morgan fingerprint density at radius 3 is 2.74 bits per heavy atom. The SMILES string of the molecule is CNc1nc(N)nc2c1ncn2C1O[C@H](COc2ccc3ccccc3c2O[P+]([O-])=N[C@@H](C)C(=O)OCC(C)(C)C)[C@@H](O)[C@@]1(C)O. The third kappa shape index (κ3) is 6.83. The Kier molecular flexibility index (Phi) is 9.34. The molecule has 0 bridgehead atoms. The smallest absolute Gasteiger partial charge is 0.395 e. The number of carbonyl (C=O) groups excluding carboxylic acids is 1. The predicted molar refractivity (Wildman–Crippen MR) is 169 cm³/mol. The van der Waals surface area contributed by atoms with Crippen LogP contribution in [-0.4, -0.2) is 79.8 Å². The molecule has 15 nitrogen and oxygen atoms in total. The highest BCUT2D eigenvalue weighted by Crippen LogP contribution is 2.43. The number of nitrogens with one attached hydrogen (secondary N) is 1. The molecule has 1 saturated heterocycles. The number of carbonyl (C=O) groups is 1. The largest absolute Gasteiger partial charge is 0.575 e. The minimum Gasteiger partial charge on any atom is -0.575 e. The summed E-state index contributed by atoms with van der Waals surface area (Å²) in [6, 6.07) is 9.62. The van der Waals surface area contributed by atoms with Crippen LogP contribution in [0.25, 0.3) is 21.9 Å². The number of benzene rings is 2. The number of esters is 1. The van der Waals surface area contributed by atoms with Crippen LogP contribution < -0.4 is 25.2 Å². The number of imidazole rings is 1. The van der Waals surface area contributed by atoms with E-state index < -0.39 is 44.2 Å². The molecule has 1 aliphatic heterocycles. The van der Waals surface area contributed by atoms with Crippen molar-refractivity contribution in [2.45, 2.75) is 64.7 Å². The molecule has 46 heavy (non-hydrogen) atoms. The molecule has 2 aromatic heterocycles. The first-order valence-electron chi connectivity index (χ1n) is 14.6. The van der Waals surface area contributed by atoms with Gasteiger partial charge < -0.3 is 40.4 Å². The number of nitrogens with two attached hydrogens (primary N) is 1. The fourth-order valence-corrected chi connectivity index (χ4v) is 5.73. The minimum atomic E-state index is -2.72. The van der Waals surface area contributed by atoms with Crippen molar-refractivity contribution in [3.8, 4) is 11.5 Å². The van der Waals surface area contributed by atoms with Gasteiger partial charge in [0, 0.05) is 12.4 Å². The highest BCUT2D eigenvalue weighted by molar-refractivity contribution is 7.34. The monoisotopic (exact) mass is 655 g/mol. The van der Waals surface area contributed by atoms with E-state index in [0.717, 1.165) is 5.39 Å². The Morgan fingerprint density at radius 2 is 2.02 bits per heavy atom. The lowest BCUT2D eigenvalue weighted by atomic mass is 9.96. The van der Waals surface area contributed by atoms with E-state index in [9.17, 15) is 19.9 Å². The van der Waals surface area contributed by atoms with Crippen molar-refractivity contribution in [3.05, 3.63) is 42.7 Å². The van der Waals surface area contributed by atoms with Crippen molar-refractivity contribution >= 4 is 47.8 Å². The Hall–Kier alpha value is -4.14. The normalized spacial score (nSPS) is 22.6. The van der Waals surface area contributed by atoms with Crippen LogP contribution >= 0.6 is 8.17 Å². The third-order valence-corrected chi connectivity index (χ3v) is 8.23. The Morgan fingerprint density at radius 1 is 1.28 bits per heavy atom. The van der Waals surface area contributed by atoms with E-state index in [4.69, 9.17) is 24.5 Å². The number of ether oxygens (including phenoxy) is 3. The number of aromatic nitrogens is 4. The lowest BCUT2D eigenvalue weighted by Gasteiger charge is -2.27. The summed E-state index contributed by atoms with van der Waals surface area (Å²) in [5, 5.41) is 26.8. The van der Waals surface area contributed by atoms with Crippen LogP contribution in [0.5, 0.6) is 11.5 Å². The Bertz CT molecular complexity index is 1770. The number of aliphatic hydroxyl groups is 2. The maximum atomic E-state index is 13.0. The molecule has 2 unspecified atom stereocenters. The highest BCUT2D eigenvalue weighted by Gasteiger charge is 2.54. The van der Waals surface area contributed by atoms with E-state index in [1.807, 2.05) is 32.9 Å². The van der Waals surface area contributed by atoms with Crippen LogP contribution in [0.1, 0.15) is 40.8 Å². The molecule has 0 spiro atoms. The number of hydrogen-bond acceptors (Lipinski definition) is 14. The van der Waals surface area contributed by atoms with Crippen molar-refractivity contribution in [3.63, 3.8) is 0 Å². The molecule has 0 saturated carbocycles. The van der Waals surface area contributed by atoms with Gasteiger partial charge in [-0.15, -0.1) is 0 Å². The molecular formula is C30H38N7O8P. The number of nitrogen functional groups attached to an aromatic ring is 1. The maximum absolute atomic E-state index is 13.0. The van der Waals surface area contributed by atoms with Crippen LogP contribution in [0.15, 0.2) is 47.5 Å². The molecule has 5 N–H and O–H groups in total. The van der Waals surface area contributed by atoms with Crippen molar-refractivity contribution in [2.75, 3.05) is 31.3 Å². The molecule has 1 fully saturated rings. The summed E-state index contributed by atoms with van der Waals surface area (Å²) in [6.07, 6.45) is -2.10. The summed E-state index contributed by atoms with van der Waals surface area (Å²) in [5.41, 5.74) is 4.55. The number of rotatable bonds is 10. The van der Waals surface area contributed by atoms with Gasteiger partial charge in [0.25, 0.3) is 0 Å². The van der Waals surface area contributed by atoms with Crippen LogP contribution in [0.3, 0.4) is 0 Å². The zero-order chi connectivity index (χ0) is 33.4. The van der Waals surface area contributed by atoms with E-state index in [2.05, 4.69) is 25.0 Å². The second-order valence-corrected chi connectivity index (χ2v) is 13.3. The topological polar surface area (TPSA) is 212 Å². The molecule has 2 aromatic carbocycles. The van der Waals surface area contributed by atoms with Gasteiger partial charge in [-0.05, 0) is 30.7 Å². The summed E-state index contributed by atoms with van der Waals surface area (Å²) in [5.74, 6) is 0.0752. The zero-order valence-electron chi connectivity index (χ0n) is 26.4. The summed E-state index contributed by atoms with van der Waals surface area (Å²) in [4.78, 5) is 38.2. The minimum absolute atomic E-state index is 0.0123. The first-order valence-corrected chi connectivity index (χ1v) is 15.7. The van der Waals surface area contributed by atoms with Crippen LogP contribution in [0.4, 0.5) is 11.8 Å². The second-order valence-electron chi connectivity index (χ2n) is 12.4. The zero-order valence-corrected chi connectivity index (χ0v) is 27.3. The summed E-state index contributed by atoms with van der Waals surface area (Å²) < 4.78 is 28.7. The molecule has 6 atom stereocenters. The molecule has 1 aliphatic rings. The van der Waals surface area contributed by atoms with E-state index in [1.165, 1.54) is 24.7 Å². The molecule has 0 radical (unpaired) electrons. The first-order chi connectivity index (χ1) is 21.7. The molecule has 0 aliphatic carbocycles. The van der Waals surface area contributed by atoms with Gasteiger partial charge in [0.2, 0.25) is 11.7 Å². The quantitative estimate of drug-likeness (QED) is 0.143. The van der Waals surface area contributed by atoms with Crippen LogP contribution in [0, 0.1) is 5.41 Å². The first kappa shape index (κ1) is 33.2. The predicted octanol–water partition coefficient (Wildman–Crippen LogP) is 2.90. The van der Waals surface area contributed by atoms with E-state index in [-0.39, 0.29) is 36.1 Å². The van der Waals surface area contributed by atoms with E-state index >= 15 is 0 Å². The number of fused-ring (bicyclic) bond motifs is 2. The highest BCUT2D eigenvalue weighted by atomic mass is 31.1. The fraction of sp³-hybridized carbons (Fsp3) is 0.467. The molecule has 5 rings (SSSR count). The number of aliphatic hydroxyl groups excluding tert-OH is 1. The van der Waals surface area contributed by atoms with Gasteiger partial charge in [-0.3, -0.25) is 9.09 Å². The number of hydrogen-bond donors (Lipinski definition) is 4. The van der Waals surface area contributed by atoms with Crippen LogP contribution in [0.2, 0.25) is 0 Å². The third-order valence-electron chi connectivity index (χ3n) is 7.35. The molecule has 246 valence electrons.